The summed E-state index contributed by atoms with van der Waals surface area (Å²) in [5, 5.41) is 8.60. The molecule has 13 heavy (non-hydrogen) atoms. The van der Waals surface area contributed by atoms with Crippen LogP contribution in [0.15, 0.2) is 24.3 Å². The highest BCUT2D eigenvalue weighted by Crippen LogP contribution is 2.17. The second-order valence-electron chi connectivity index (χ2n) is 2.62. The predicted octanol–water partition coefficient (Wildman–Crippen LogP) is 2.22. The lowest BCUT2D eigenvalue weighted by molar-refractivity contribution is 0.0794. The van der Waals surface area contributed by atoms with Crippen molar-refractivity contribution in [3.8, 4) is 6.07 Å². The molecule has 0 aliphatic rings. The van der Waals surface area contributed by atoms with Gasteiger partial charge in [0.25, 0.3) is 0 Å². The minimum Gasteiger partial charge on any atom is -0.374 e. The first-order chi connectivity index (χ1) is 6.31. The van der Waals surface area contributed by atoms with Gasteiger partial charge in [0, 0.05) is 7.11 Å². The first-order valence-electron chi connectivity index (χ1n) is 3.90. The molecule has 0 saturated heterocycles. The highest BCUT2D eigenvalue weighted by Gasteiger charge is 2.09. The van der Waals surface area contributed by atoms with Crippen LogP contribution in [0, 0.1) is 11.3 Å². The topological polar surface area (TPSA) is 33.0 Å². The lowest BCUT2D eigenvalue weighted by atomic mass is 10.1. The fourth-order valence-electron chi connectivity index (χ4n) is 1.10. The van der Waals surface area contributed by atoms with Crippen molar-refractivity contribution in [2.24, 2.45) is 0 Å². The lowest BCUT2D eigenvalue weighted by Crippen LogP contribution is -2.03. The van der Waals surface area contributed by atoms with Gasteiger partial charge in [-0.05, 0) is 17.7 Å². The minimum atomic E-state index is -0.578. The van der Waals surface area contributed by atoms with Gasteiger partial charge in [-0.25, -0.2) is 4.39 Å². The quantitative estimate of drug-likeness (QED) is 0.712. The number of halogens is 1. The Morgan fingerprint density at radius 1 is 1.62 bits per heavy atom. The average Bonchev–Trinajstić information content (AvgIpc) is 2.20. The monoisotopic (exact) mass is 179 g/mol. The van der Waals surface area contributed by atoms with Crippen LogP contribution in [0.4, 0.5) is 4.39 Å². The van der Waals surface area contributed by atoms with E-state index in [-0.39, 0.29) is 0 Å². The number of methoxy groups -OCH3 is 1. The molecule has 0 heterocycles. The largest absolute Gasteiger partial charge is 0.374 e. The Morgan fingerprint density at radius 2 is 2.38 bits per heavy atom. The fraction of sp³-hybridized carbons (Fsp3) is 0.300. The number of hydrogen-bond donors (Lipinski definition) is 0. The molecule has 2 nitrogen and oxygen atoms in total. The third-order valence-corrected chi connectivity index (χ3v) is 1.81. The molecule has 0 amide bonds. The van der Waals surface area contributed by atoms with Crippen molar-refractivity contribution in [1.82, 2.24) is 0 Å². The van der Waals surface area contributed by atoms with Gasteiger partial charge in [-0.2, -0.15) is 5.26 Å². The van der Waals surface area contributed by atoms with Crippen LogP contribution in [-0.2, 0) is 4.74 Å². The maximum absolute atomic E-state index is 12.4. The molecule has 1 unspecified atom stereocenters. The van der Waals surface area contributed by atoms with Gasteiger partial charge in [0.1, 0.15) is 12.8 Å². The normalized spacial score (nSPS) is 12.1. The van der Waals surface area contributed by atoms with Gasteiger partial charge in [-0.3, -0.25) is 0 Å². The zero-order valence-electron chi connectivity index (χ0n) is 7.33. The third-order valence-electron chi connectivity index (χ3n) is 1.81. The van der Waals surface area contributed by atoms with Crippen molar-refractivity contribution in [2.45, 2.75) is 6.10 Å². The Bertz CT molecular complexity index is 315. The Kier molecular flexibility index (Phi) is 3.41. The third kappa shape index (κ3) is 2.27. The van der Waals surface area contributed by atoms with E-state index in [1.807, 2.05) is 6.07 Å². The molecule has 0 saturated carbocycles. The molecule has 0 aliphatic carbocycles. The Morgan fingerprint density at radius 3 is 2.92 bits per heavy atom. The number of rotatable bonds is 3. The molecule has 1 atom stereocenters. The summed E-state index contributed by atoms with van der Waals surface area (Å²) in [5.74, 6) is 0. The van der Waals surface area contributed by atoms with Crippen molar-refractivity contribution in [2.75, 3.05) is 13.8 Å². The van der Waals surface area contributed by atoms with E-state index in [0.717, 1.165) is 0 Å². The molecule has 0 spiro atoms. The second-order valence-corrected chi connectivity index (χ2v) is 2.62. The van der Waals surface area contributed by atoms with Gasteiger partial charge in [-0.1, -0.05) is 12.1 Å². The van der Waals surface area contributed by atoms with E-state index in [1.54, 1.807) is 24.3 Å². The minimum absolute atomic E-state index is 0.521. The van der Waals surface area contributed by atoms with E-state index in [4.69, 9.17) is 10.00 Å². The summed E-state index contributed by atoms with van der Waals surface area (Å²) in [6.07, 6.45) is -0.562. The highest BCUT2D eigenvalue weighted by molar-refractivity contribution is 5.33. The Hall–Kier alpha value is -1.40. The summed E-state index contributed by atoms with van der Waals surface area (Å²) in [6, 6.07) is 8.76. The van der Waals surface area contributed by atoms with Crippen molar-refractivity contribution in [3.05, 3.63) is 35.4 Å². The maximum Gasteiger partial charge on any atom is 0.120 e. The summed E-state index contributed by atoms with van der Waals surface area (Å²) < 4.78 is 17.3. The molecular weight excluding hydrogens is 169 g/mol. The first kappa shape index (κ1) is 9.69. The zero-order chi connectivity index (χ0) is 9.68. The molecule has 1 rings (SSSR count). The number of ether oxygens (including phenoxy) is 1. The van der Waals surface area contributed by atoms with Crippen molar-refractivity contribution < 1.29 is 9.13 Å². The molecule has 0 radical (unpaired) electrons. The van der Waals surface area contributed by atoms with Crippen LogP contribution in [-0.4, -0.2) is 13.8 Å². The second kappa shape index (κ2) is 4.58. The summed E-state index contributed by atoms with van der Waals surface area (Å²) >= 11 is 0. The van der Waals surface area contributed by atoms with Gasteiger partial charge in [0.15, 0.2) is 0 Å². The van der Waals surface area contributed by atoms with Crippen LogP contribution in [0.3, 0.4) is 0 Å². The number of hydrogen-bond acceptors (Lipinski definition) is 2. The van der Waals surface area contributed by atoms with Crippen molar-refractivity contribution >= 4 is 0 Å². The number of nitriles is 1. The first-order valence-corrected chi connectivity index (χ1v) is 3.90. The molecule has 0 N–H and O–H groups in total. The van der Waals surface area contributed by atoms with Gasteiger partial charge >= 0.3 is 0 Å². The van der Waals surface area contributed by atoms with Crippen LogP contribution in [0.25, 0.3) is 0 Å². The average molecular weight is 179 g/mol. The van der Waals surface area contributed by atoms with Crippen LogP contribution >= 0.6 is 0 Å². The molecule has 1 aromatic carbocycles. The van der Waals surface area contributed by atoms with Gasteiger partial charge in [-0.15, -0.1) is 0 Å². The van der Waals surface area contributed by atoms with Crippen LogP contribution in [0.2, 0.25) is 0 Å². The highest BCUT2D eigenvalue weighted by atomic mass is 19.1. The SMILES string of the molecule is COC(CF)c1cccc(C#N)c1. The number of nitrogens with zero attached hydrogens (tertiary/aromatic N) is 1. The zero-order valence-corrected chi connectivity index (χ0v) is 7.33. The van der Waals surface area contributed by atoms with Crippen molar-refractivity contribution in [1.29, 1.82) is 5.26 Å². The van der Waals surface area contributed by atoms with Crippen LogP contribution < -0.4 is 0 Å². The Balaban J connectivity index is 2.94. The summed E-state index contributed by atoms with van der Waals surface area (Å²) in [5.41, 5.74) is 1.22. The molecule has 0 aromatic heterocycles. The molecule has 0 bridgehead atoms. The smallest absolute Gasteiger partial charge is 0.120 e. The summed E-state index contributed by atoms with van der Waals surface area (Å²) in [7, 11) is 1.45. The van der Waals surface area contributed by atoms with E-state index in [0.29, 0.717) is 11.1 Å². The van der Waals surface area contributed by atoms with Crippen LogP contribution in [0.1, 0.15) is 17.2 Å². The lowest BCUT2D eigenvalue weighted by Gasteiger charge is -2.10. The summed E-state index contributed by atoms with van der Waals surface area (Å²) in [4.78, 5) is 0. The number of benzene rings is 1. The van der Waals surface area contributed by atoms with Crippen molar-refractivity contribution in [3.63, 3.8) is 0 Å². The van der Waals surface area contributed by atoms with E-state index in [2.05, 4.69) is 0 Å². The van der Waals surface area contributed by atoms with E-state index < -0.39 is 12.8 Å². The van der Waals surface area contributed by atoms with Gasteiger partial charge < -0.3 is 4.74 Å². The van der Waals surface area contributed by atoms with Gasteiger partial charge in [0.2, 0.25) is 0 Å². The fourth-order valence-corrected chi connectivity index (χ4v) is 1.10. The number of alkyl halides is 1. The van der Waals surface area contributed by atoms with E-state index in [9.17, 15) is 4.39 Å². The standard InChI is InChI=1S/C10H10FNO/c1-13-10(6-11)9-4-2-3-8(5-9)7-12/h2-5,10H,6H2,1H3. The van der Waals surface area contributed by atoms with Crippen LogP contribution in [0.5, 0.6) is 0 Å². The van der Waals surface area contributed by atoms with E-state index >= 15 is 0 Å². The molecular formula is C10H10FNO. The van der Waals surface area contributed by atoms with Gasteiger partial charge in [0.05, 0.1) is 11.6 Å². The molecule has 0 aliphatic heterocycles. The summed E-state index contributed by atoms with van der Waals surface area (Å²) in [6.45, 7) is -0.578. The molecule has 0 fully saturated rings. The molecule has 68 valence electrons. The predicted molar refractivity (Wildman–Crippen MR) is 46.9 cm³/mol. The van der Waals surface area contributed by atoms with E-state index in [1.165, 1.54) is 7.11 Å². The molecule has 1 aromatic rings. The Labute approximate surface area is 76.6 Å². The maximum atomic E-state index is 12.4. The molecule has 3 heteroatoms.